The summed E-state index contributed by atoms with van der Waals surface area (Å²) in [5.41, 5.74) is 3.10. The molecule has 0 saturated heterocycles. The van der Waals surface area contributed by atoms with Crippen molar-refractivity contribution in [2.45, 2.75) is 13.5 Å². The molecule has 0 amide bonds. The highest BCUT2D eigenvalue weighted by Crippen LogP contribution is 2.32. The number of hydrogen-bond donors (Lipinski definition) is 0. The first-order chi connectivity index (χ1) is 16.0. The van der Waals surface area contributed by atoms with E-state index in [0.717, 1.165) is 21.8 Å². The van der Waals surface area contributed by atoms with Crippen molar-refractivity contribution in [3.63, 3.8) is 0 Å². The summed E-state index contributed by atoms with van der Waals surface area (Å²) in [6, 6.07) is 22.1. The fourth-order valence-corrected chi connectivity index (χ4v) is 4.30. The van der Waals surface area contributed by atoms with Crippen molar-refractivity contribution in [1.29, 1.82) is 0 Å². The molecular weight excluding hydrogens is 420 g/mol. The minimum atomic E-state index is -0.564. The second-order valence-corrected chi connectivity index (χ2v) is 7.85. The van der Waals surface area contributed by atoms with Crippen LogP contribution in [0.4, 0.5) is 8.78 Å². The van der Waals surface area contributed by atoms with Crippen LogP contribution in [0.15, 0.2) is 84.9 Å². The Morgan fingerprint density at radius 2 is 1.24 bits per heavy atom. The SMILES string of the molecule is CCn1c2ccc(C(=O)c3ccc(F)cc3)cc2c2cc(C(=O)c3ccccc3F)ccc21. The molecular formula is C28H19F2NO2. The zero-order valence-electron chi connectivity index (χ0n) is 17.8. The first kappa shape index (κ1) is 20.8. The number of nitrogens with zero attached hydrogens (tertiary/aromatic N) is 1. The van der Waals surface area contributed by atoms with Gasteiger partial charge in [-0.3, -0.25) is 9.59 Å². The molecule has 5 rings (SSSR count). The van der Waals surface area contributed by atoms with Gasteiger partial charge < -0.3 is 4.57 Å². The fourth-order valence-electron chi connectivity index (χ4n) is 4.30. The highest BCUT2D eigenvalue weighted by molar-refractivity contribution is 6.17. The lowest BCUT2D eigenvalue weighted by Crippen LogP contribution is -2.04. The number of hydrogen-bond acceptors (Lipinski definition) is 2. The van der Waals surface area contributed by atoms with E-state index in [0.29, 0.717) is 23.2 Å². The monoisotopic (exact) mass is 439 g/mol. The van der Waals surface area contributed by atoms with Crippen molar-refractivity contribution in [3.05, 3.63) is 119 Å². The summed E-state index contributed by atoms with van der Waals surface area (Å²) in [5.74, 6) is -1.58. The maximum atomic E-state index is 14.2. The molecule has 0 fully saturated rings. The van der Waals surface area contributed by atoms with Crippen molar-refractivity contribution in [2.24, 2.45) is 0 Å². The standard InChI is InChI=1S/C28H19F2NO2/c1-2-31-25-13-9-18(27(32)17-7-11-20(29)12-8-17)15-22(25)23-16-19(10-14-26(23)31)28(33)21-5-3-4-6-24(21)30/h3-16H,2H2,1H3. The van der Waals surface area contributed by atoms with Crippen LogP contribution in [0.3, 0.4) is 0 Å². The minimum Gasteiger partial charge on any atom is -0.341 e. The highest BCUT2D eigenvalue weighted by Gasteiger charge is 2.18. The van der Waals surface area contributed by atoms with Crippen LogP contribution in [-0.4, -0.2) is 16.1 Å². The summed E-state index contributed by atoms with van der Waals surface area (Å²) < 4.78 is 29.6. The molecule has 1 aromatic heterocycles. The van der Waals surface area contributed by atoms with Crippen molar-refractivity contribution in [3.8, 4) is 0 Å². The molecule has 0 N–H and O–H groups in total. The average molecular weight is 439 g/mol. The Labute approximate surface area is 188 Å². The quantitative estimate of drug-likeness (QED) is 0.291. The Balaban J connectivity index is 1.67. The Kier molecular flexibility index (Phi) is 5.09. The Hall–Kier alpha value is -4.12. The fraction of sp³-hybridized carbons (Fsp3) is 0.0714. The van der Waals surface area contributed by atoms with E-state index in [1.54, 1.807) is 36.4 Å². The minimum absolute atomic E-state index is 0.0169. The number of carbonyl (C=O) groups is 2. The Morgan fingerprint density at radius 1 is 0.697 bits per heavy atom. The molecule has 0 bridgehead atoms. The van der Waals surface area contributed by atoms with Crippen LogP contribution in [0.2, 0.25) is 0 Å². The van der Waals surface area contributed by atoms with Crippen LogP contribution in [0, 0.1) is 11.6 Å². The molecule has 0 unspecified atom stereocenters. The molecule has 0 spiro atoms. The van der Waals surface area contributed by atoms with Gasteiger partial charge in [0.05, 0.1) is 5.56 Å². The van der Waals surface area contributed by atoms with Gasteiger partial charge in [0, 0.05) is 45.0 Å². The van der Waals surface area contributed by atoms with E-state index in [-0.39, 0.29) is 11.3 Å². The summed E-state index contributed by atoms with van der Waals surface area (Å²) in [5, 5.41) is 1.63. The van der Waals surface area contributed by atoms with Crippen molar-refractivity contribution in [2.75, 3.05) is 0 Å². The summed E-state index contributed by atoms with van der Waals surface area (Å²) in [7, 11) is 0. The third-order valence-corrected chi connectivity index (χ3v) is 5.93. The number of benzene rings is 4. The molecule has 33 heavy (non-hydrogen) atoms. The summed E-state index contributed by atoms with van der Waals surface area (Å²) >= 11 is 0. The number of aromatic nitrogens is 1. The molecule has 0 radical (unpaired) electrons. The topological polar surface area (TPSA) is 39.1 Å². The third kappa shape index (κ3) is 3.52. The molecule has 5 heteroatoms. The predicted molar refractivity (Wildman–Crippen MR) is 125 cm³/mol. The van der Waals surface area contributed by atoms with Gasteiger partial charge >= 0.3 is 0 Å². The largest absolute Gasteiger partial charge is 0.341 e. The summed E-state index contributed by atoms with van der Waals surface area (Å²) in [6.07, 6.45) is 0. The van der Waals surface area contributed by atoms with E-state index in [1.165, 1.54) is 36.4 Å². The number of aryl methyl sites for hydroxylation is 1. The van der Waals surface area contributed by atoms with E-state index >= 15 is 0 Å². The van der Waals surface area contributed by atoms with E-state index < -0.39 is 17.4 Å². The van der Waals surface area contributed by atoms with Crippen LogP contribution in [0.1, 0.15) is 38.8 Å². The van der Waals surface area contributed by atoms with Gasteiger partial charge in [0.2, 0.25) is 0 Å². The Bertz CT molecular complexity index is 1550. The van der Waals surface area contributed by atoms with Gasteiger partial charge in [-0.1, -0.05) is 12.1 Å². The first-order valence-corrected chi connectivity index (χ1v) is 10.6. The number of halogens is 2. The second kappa shape index (κ2) is 8.10. The summed E-state index contributed by atoms with van der Waals surface area (Å²) in [6.45, 7) is 2.72. The Morgan fingerprint density at radius 3 is 1.82 bits per heavy atom. The lowest BCUT2D eigenvalue weighted by Gasteiger charge is -2.05. The van der Waals surface area contributed by atoms with Gasteiger partial charge in [0.1, 0.15) is 11.6 Å². The van der Waals surface area contributed by atoms with Crippen molar-refractivity contribution < 1.29 is 18.4 Å². The predicted octanol–water partition coefficient (Wildman–Crippen LogP) is 6.55. The molecule has 4 aromatic carbocycles. The lowest BCUT2D eigenvalue weighted by molar-refractivity contribution is 0.102. The normalized spacial score (nSPS) is 11.2. The van der Waals surface area contributed by atoms with Crippen LogP contribution >= 0.6 is 0 Å². The molecule has 0 saturated carbocycles. The smallest absolute Gasteiger partial charge is 0.195 e. The number of rotatable bonds is 5. The first-order valence-electron chi connectivity index (χ1n) is 10.6. The van der Waals surface area contributed by atoms with Gasteiger partial charge in [0.25, 0.3) is 0 Å². The molecule has 5 aromatic rings. The van der Waals surface area contributed by atoms with Crippen LogP contribution < -0.4 is 0 Å². The molecule has 0 aliphatic rings. The zero-order chi connectivity index (χ0) is 23.1. The molecule has 0 atom stereocenters. The lowest BCUT2D eigenvalue weighted by atomic mass is 9.99. The van der Waals surface area contributed by atoms with Gasteiger partial charge in [-0.15, -0.1) is 0 Å². The van der Waals surface area contributed by atoms with Crippen molar-refractivity contribution in [1.82, 2.24) is 4.57 Å². The molecule has 3 nitrogen and oxygen atoms in total. The van der Waals surface area contributed by atoms with E-state index in [9.17, 15) is 18.4 Å². The maximum Gasteiger partial charge on any atom is 0.195 e. The molecule has 1 heterocycles. The molecule has 0 aliphatic heterocycles. The van der Waals surface area contributed by atoms with Crippen molar-refractivity contribution >= 4 is 33.4 Å². The molecule has 0 aliphatic carbocycles. The van der Waals surface area contributed by atoms with Gasteiger partial charge in [-0.2, -0.15) is 0 Å². The third-order valence-electron chi connectivity index (χ3n) is 5.93. The summed E-state index contributed by atoms with van der Waals surface area (Å²) in [4.78, 5) is 26.0. The number of carbonyl (C=O) groups excluding carboxylic acids is 2. The molecule has 162 valence electrons. The van der Waals surface area contributed by atoms with Crippen LogP contribution in [0.25, 0.3) is 21.8 Å². The van der Waals surface area contributed by atoms with E-state index in [4.69, 9.17) is 0 Å². The van der Waals surface area contributed by atoms with Gasteiger partial charge in [-0.25, -0.2) is 8.78 Å². The van der Waals surface area contributed by atoms with E-state index in [2.05, 4.69) is 4.57 Å². The van der Waals surface area contributed by atoms with E-state index in [1.807, 2.05) is 19.1 Å². The van der Waals surface area contributed by atoms with Gasteiger partial charge in [-0.05, 0) is 79.7 Å². The zero-order valence-corrected chi connectivity index (χ0v) is 17.8. The van der Waals surface area contributed by atoms with Gasteiger partial charge in [0.15, 0.2) is 11.6 Å². The maximum absolute atomic E-state index is 14.2. The number of ketones is 2. The average Bonchev–Trinajstić information content (AvgIpc) is 3.16. The number of fused-ring (bicyclic) bond motifs is 3. The highest BCUT2D eigenvalue weighted by atomic mass is 19.1. The van der Waals surface area contributed by atoms with Crippen LogP contribution in [0.5, 0.6) is 0 Å². The van der Waals surface area contributed by atoms with Crippen LogP contribution in [-0.2, 0) is 6.54 Å². The second-order valence-electron chi connectivity index (χ2n) is 7.85.